The standard InChI is InChI=1S/C12H18N2O3/c1-9-6-14(7-10-4-3-5-17-10)12(16)11(8-15)13(9)2/h3-5,9,11,15H,6-8H2,1-2H3. The summed E-state index contributed by atoms with van der Waals surface area (Å²) in [5, 5.41) is 9.28. The molecule has 1 aliphatic heterocycles. The first-order valence-electron chi connectivity index (χ1n) is 5.77. The van der Waals surface area contributed by atoms with Crippen LogP contribution < -0.4 is 0 Å². The van der Waals surface area contributed by atoms with Crippen LogP contribution in [0.15, 0.2) is 22.8 Å². The molecule has 5 heteroatoms. The Morgan fingerprint density at radius 2 is 2.35 bits per heavy atom. The maximum atomic E-state index is 12.1. The number of piperazine rings is 1. The molecular weight excluding hydrogens is 220 g/mol. The number of furan rings is 1. The van der Waals surface area contributed by atoms with Crippen molar-refractivity contribution in [3.05, 3.63) is 24.2 Å². The zero-order chi connectivity index (χ0) is 12.4. The average Bonchev–Trinajstić information content (AvgIpc) is 2.79. The highest BCUT2D eigenvalue weighted by atomic mass is 16.3. The Balaban J connectivity index is 2.10. The summed E-state index contributed by atoms with van der Waals surface area (Å²) in [4.78, 5) is 15.8. The summed E-state index contributed by atoms with van der Waals surface area (Å²) in [5.41, 5.74) is 0. The summed E-state index contributed by atoms with van der Waals surface area (Å²) in [5.74, 6) is 0.733. The van der Waals surface area contributed by atoms with E-state index >= 15 is 0 Å². The molecule has 1 N–H and O–H groups in total. The van der Waals surface area contributed by atoms with Crippen LogP contribution >= 0.6 is 0 Å². The van der Waals surface area contributed by atoms with E-state index in [-0.39, 0.29) is 18.6 Å². The van der Waals surface area contributed by atoms with E-state index in [0.29, 0.717) is 13.1 Å². The van der Waals surface area contributed by atoms with Crippen molar-refractivity contribution in [1.29, 1.82) is 0 Å². The topological polar surface area (TPSA) is 56.9 Å². The number of nitrogens with zero attached hydrogens (tertiary/aromatic N) is 2. The molecule has 0 spiro atoms. The van der Waals surface area contributed by atoms with Crippen LogP contribution in [0.5, 0.6) is 0 Å². The van der Waals surface area contributed by atoms with E-state index in [9.17, 15) is 9.90 Å². The van der Waals surface area contributed by atoms with Gasteiger partial charge in [0.15, 0.2) is 0 Å². The van der Waals surface area contributed by atoms with Crippen molar-refractivity contribution in [2.45, 2.75) is 25.6 Å². The number of hydrogen-bond donors (Lipinski definition) is 1. The maximum absolute atomic E-state index is 12.1. The first kappa shape index (κ1) is 12.1. The van der Waals surface area contributed by atoms with Crippen LogP contribution in [0.2, 0.25) is 0 Å². The van der Waals surface area contributed by atoms with Gasteiger partial charge in [0.1, 0.15) is 11.8 Å². The summed E-state index contributed by atoms with van der Waals surface area (Å²) < 4.78 is 5.25. The van der Waals surface area contributed by atoms with Gasteiger partial charge in [0.05, 0.1) is 19.4 Å². The quantitative estimate of drug-likeness (QED) is 0.823. The van der Waals surface area contributed by atoms with E-state index in [1.807, 2.05) is 31.0 Å². The molecule has 2 unspecified atom stereocenters. The number of carbonyl (C=O) groups is 1. The number of amides is 1. The molecule has 0 saturated carbocycles. The number of aliphatic hydroxyl groups is 1. The van der Waals surface area contributed by atoms with Gasteiger partial charge in [-0.15, -0.1) is 0 Å². The van der Waals surface area contributed by atoms with E-state index in [1.165, 1.54) is 0 Å². The van der Waals surface area contributed by atoms with Crippen molar-refractivity contribution in [1.82, 2.24) is 9.80 Å². The van der Waals surface area contributed by atoms with Crippen molar-refractivity contribution in [2.75, 3.05) is 20.2 Å². The predicted octanol–water partition coefficient (Wildman–Crippen LogP) is 0.303. The second kappa shape index (κ2) is 4.89. The van der Waals surface area contributed by atoms with E-state index in [2.05, 4.69) is 0 Å². The molecular formula is C12H18N2O3. The van der Waals surface area contributed by atoms with Gasteiger partial charge in [-0.05, 0) is 26.1 Å². The molecule has 0 bridgehead atoms. The molecule has 2 rings (SSSR count). The first-order valence-corrected chi connectivity index (χ1v) is 5.77. The molecule has 0 radical (unpaired) electrons. The average molecular weight is 238 g/mol. The van der Waals surface area contributed by atoms with Gasteiger partial charge in [-0.25, -0.2) is 0 Å². The van der Waals surface area contributed by atoms with Crippen LogP contribution in [-0.4, -0.2) is 53.1 Å². The highest BCUT2D eigenvalue weighted by Gasteiger charge is 2.36. The van der Waals surface area contributed by atoms with Crippen LogP contribution in [-0.2, 0) is 11.3 Å². The van der Waals surface area contributed by atoms with Gasteiger partial charge in [0, 0.05) is 12.6 Å². The monoisotopic (exact) mass is 238 g/mol. The van der Waals surface area contributed by atoms with Crippen LogP contribution in [0.25, 0.3) is 0 Å². The van der Waals surface area contributed by atoms with Crippen molar-refractivity contribution in [3.8, 4) is 0 Å². The number of carbonyl (C=O) groups excluding carboxylic acids is 1. The highest BCUT2D eigenvalue weighted by molar-refractivity contribution is 5.82. The Labute approximate surface area is 101 Å². The summed E-state index contributed by atoms with van der Waals surface area (Å²) in [6, 6.07) is 3.46. The highest BCUT2D eigenvalue weighted by Crippen LogP contribution is 2.17. The lowest BCUT2D eigenvalue weighted by Gasteiger charge is -2.42. The minimum absolute atomic E-state index is 0.0375. The van der Waals surface area contributed by atoms with Crippen LogP contribution in [0.4, 0.5) is 0 Å². The molecule has 1 fully saturated rings. The van der Waals surface area contributed by atoms with Gasteiger partial charge in [-0.2, -0.15) is 0 Å². The number of likely N-dealkylation sites (N-methyl/N-ethyl adjacent to an activating group) is 1. The van der Waals surface area contributed by atoms with Crippen molar-refractivity contribution >= 4 is 5.91 Å². The summed E-state index contributed by atoms with van der Waals surface area (Å²) >= 11 is 0. The van der Waals surface area contributed by atoms with Gasteiger partial charge >= 0.3 is 0 Å². The summed E-state index contributed by atoms with van der Waals surface area (Å²) in [7, 11) is 1.87. The second-order valence-electron chi connectivity index (χ2n) is 4.51. The molecule has 1 aliphatic rings. The number of aliphatic hydroxyl groups excluding tert-OH is 1. The molecule has 5 nitrogen and oxygen atoms in total. The van der Waals surface area contributed by atoms with Crippen molar-refractivity contribution in [2.24, 2.45) is 0 Å². The molecule has 1 aromatic rings. The molecule has 17 heavy (non-hydrogen) atoms. The van der Waals surface area contributed by atoms with Crippen molar-refractivity contribution < 1.29 is 14.3 Å². The lowest BCUT2D eigenvalue weighted by Crippen LogP contribution is -2.60. The Bertz CT molecular complexity index is 377. The number of hydrogen-bond acceptors (Lipinski definition) is 4. The Kier molecular flexibility index (Phi) is 3.49. The van der Waals surface area contributed by atoms with Gasteiger partial charge < -0.3 is 14.4 Å². The molecule has 1 amide bonds. The molecule has 1 saturated heterocycles. The zero-order valence-electron chi connectivity index (χ0n) is 10.2. The van der Waals surface area contributed by atoms with Gasteiger partial charge in [0.2, 0.25) is 5.91 Å². The van der Waals surface area contributed by atoms with Crippen molar-refractivity contribution in [3.63, 3.8) is 0 Å². The van der Waals surface area contributed by atoms with Crippen LogP contribution in [0, 0.1) is 0 Å². The molecule has 0 aliphatic carbocycles. The van der Waals surface area contributed by atoms with Crippen LogP contribution in [0.3, 0.4) is 0 Å². The third-order valence-electron chi connectivity index (χ3n) is 3.37. The molecule has 94 valence electrons. The fourth-order valence-electron chi connectivity index (χ4n) is 2.17. The Hall–Kier alpha value is -1.33. The van der Waals surface area contributed by atoms with E-state index < -0.39 is 6.04 Å². The smallest absolute Gasteiger partial charge is 0.242 e. The van der Waals surface area contributed by atoms with E-state index in [1.54, 1.807) is 11.2 Å². The fraction of sp³-hybridized carbons (Fsp3) is 0.583. The number of rotatable bonds is 3. The van der Waals surface area contributed by atoms with Crippen LogP contribution in [0.1, 0.15) is 12.7 Å². The third-order valence-corrected chi connectivity index (χ3v) is 3.37. The third kappa shape index (κ3) is 2.35. The maximum Gasteiger partial charge on any atom is 0.242 e. The zero-order valence-corrected chi connectivity index (χ0v) is 10.2. The summed E-state index contributed by atoms with van der Waals surface area (Å²) in [6.07, 6.45) is 1.60. The first-order chi connectivity index (χ1) is 8.13. The molecule has 1 aromatic heterocycles. The lowest BCUT2D eigenvalue weighted by atomic mass is 10.1. The largest absolute Gasteiger partial charge is 0.467 e. The molecule has 0 aromatic carbocycles. The van der Waals surface area contributed by atoms with Gasteiger partial charge in [0.25, 0.3) is 0 Å². The predicted molar refractivity (Wildman–Crippen MR) is 62.2 cm³/mol. The SMILES string of the molecule is CC1CN(Cc2ccco2)C(=O)C(CO)N1C. The summed E-state index contributed by atoms with van der Waals surface area (Å²) in [6.45, 7) is 3.03. The molecule has 2 heterocycles. The minimum atomic E-state index is -0.436. The normalized spacial score (nSPS) is 26.5. The van der Waals surface area contributed by atoms with E-state index in [4.69, 9.17) is 4.42 Å². The lowest BCUT2D eigenvalue weighted by molar-refractivity contribution is -0.146. The molecule has 2 atom stereocenters. The Morgan fingerprint density at radius 1 is 1.59 bits per heavy atom. The minimum Gasteiger partial charge on any atom is -0.467 e. The van der Waals surface area contributed by atoms with Gasteiger partial charge in [-0.1, -0.05) is 0 Å². The fourth-order valence-corrected chi connectivity index (χ4v) is 2.17. The second-order valence-corrected chi connectivity index (χ2v) is 4.51. The van der Waals surface area contributed by atoms with Gasteiger partial charge in [-0.3, -0.25) is 9.69 Å². The van der Waals surface area contributed by atoms with E-state index in [0.717, 1.165) is 5.76 Å². The Morgan fingerprint density at radius 3 is 2.94 bits per heavy atom.